The van der Waals surface area contributed by atoms with Crippen molar-refractivity contribution in [2.75, 3.05) is 18.1 Å². The van der Waals surface area contributed by atoms with Gasteiger partial charge < -0.3 is 10.4 Å². The Morgan fingerprint density at radius 3 is 2.57 bits per heavy atom. The number of hydrogen-bond donors (Lipinski definition) is 2. The summed E-state index contributed by atoms with van der Waals surface area (Å²) in [5, 5.41) is 22.6. The topological polar surface area (TPSA) is 127 Å². The van der Waals surface area contributed by atoms with E-state index in [-0.39, 0.29) is 23.5 Å². The molecule has 1 rings (SSSR count). The van der Waals surface area contributed by atoms with Crippen LogP contribution in [0.25, 0.3) is 0 Å². The van der Waals surface area contributed by atoms with Gasteiger partial charge in [0.15, 0.2) is 9.84 Å². The second kappa shape index (κ2) is 6.53. The smallest absolute Gasteiger partial charge is 0.310 e. The fourth-order valence-electron chi connectivity index (χ4n) is 1.70. The summed E-state index contributed by atoms with van der Waals surface area (Å²) in [6, 6.07) is 3.95. The highest BCUT2D eigenvalue weighted by Gasteiger charge is 2.26. The average Bonchev–Trinajstić information content (AvgIpc) is 2.36. The fourth-order valence-corrected chi connectivity index (χ4v) is 2.56. The van der Waals surface area contributed by atoms with E-state index in [0.717, 1.165) is 6.26 Å². The number of benzene rings is 1. The zero-order valence-electron chi connectivity index (χ0n) is 11.6. The number of nitrogens with zero attached hydrogens (tertiary/aromatic N) is 1. The second-order valence-corrected chi connectivity index (χ2v) is 6.62. The van der Waals surface area contributed by atoms with Crippen LogP contribution in [0.3, 0.4) is 0 Å². The monoisotopic (exact) mass is 316 g/mol. The zero-order chi connectivity index (χ0) is 16.2. The summed E-state index contributed by atoms with van der Waals surface area (Å²) in [5.74, 6) is -1.56. The zero-order valence-corrected chi connectivity index (χ0v) is 12.4. The number of carbonyl (C=O) groups is 1. The SMILES string of the molecule is CC(CCNc1cccc(S(C)(=O)=O)c1[N+](=O)[O-])C(=O)O. The molecule has 0 saturated heterocycles. The minimum absolute atomic E-state index is 0.0560. The Balaban J connectivity index is 3.03. The first kappa shape index (κ1) is 16.9. The van der Waals surface area contributed by atoms with Crippen molar-refractivity contribution in [2.24, 2.45) is 5.92 Å². The molecular weight excluding hydrogens is 300 g/mol. The van der Waals surface area contributed by atoms with Crippen LogP contribution in [0.4, 0.5) is 11.4 Å². The molecule has 8 nitrogen and oxygen atoms in total. The summed E-state index contributed by atoms with van der Waals surface area (Å²) in [6.45, 7) is 1.70. The van der Waals surface area contributed by atoms with Gasteiger partial charge in [-0.05, 0) is 18.6 Å². The van der Waals surface area contributed by atoms with E-state index in [1.54, 1.807) is 0 Å². The Morgan fingerprint density at radius 1 is 1.48 bits per heavy atom. The molecule has 0 amide bonds. The molecule has 0 heterocycles. The number of nitro benzene ring substituents is 1. The molecule has 0 spiro atoms. The van der Waals surface area contributed by atoms with Gasteiger partial charge in [0, 0.05) is 12.8 Å². The lowest BCUT2D eigenvalue weighted by Crippen LogP contribution is -2.15. The summed E-state index contributed by atoms with van der Waals surface area (Å²) in [5.41, 5.74) is -0.469. The van der Waals surface area contributed by atoms with E-state index < -0.39 is 32.3 Å². The fraction of sp³-hybridized carbons (Fsp3) is 0.417. The van der Waals surface area contributed by atoms with Gasteiger partial charge in [-0.3, -0.25) is 14.9 Å². The number of carboxylic acids is 1. The largest absolute Gasteiger partial charge is 0.481 e. The van der Waals surface area contributed by atoms with Crippen LogP contribution in [-0.2, 0) is 14.6 Å². The summed E-state index contributed by atoms with van der Waals surface area (Å²) < 4.78 is 23.1. The molecule has 0 aliphatic heterocycles. The number of hydrogen-bond acceptors (Lipinski definition) is 6. The summed E-state index contributed by atoms with van der Waals surface area (Å²) in [6.07, 6.45) is 1.15. The molecule has 116 valence electrons. The number of para-hydroxylation sites is 1. The van der Waals surface area contributed by atoms with Gasteiger partial charge in [0.2, 0.25) is 0 Å². The Morgan fingerprint density at radius 2 is 2.10 bits per heavy atom. The number of nitrogens with one attached hydrogen (secondary N) is 1. The van der Waals surface area contributed by atoms with Crippen molar-refractivity contribution in [3.8, 4) is 0 Å². The van der Waals surface area contributed by atoms with Crippen LogP contribution in [-0.4, -0.2) is 37.2 Å². The molecule has 1 aromatic carbocycles. The van der Waals surface area contributed by atoms with Crippen LogP contribution in [0.5, 0.6) is 0 Å². The lowest BCUT2D eigenvalue weighted by molar-refractivity contribution is -0.386. The predicted octanol–water partition coefficient (Wildman–Crippen LogP) is 1.52. The van der Waals surface area contributed by atoms with Crippen molar-refractivity contribution in [1.82, 2.24) is 0 Å². The van der Waals surface area contributed by atoms with Crippen molar-refractivity contribution in [2.45, 2.75) is 18.2 Å². The summed E-state index contributed by atoms with van der Waals surface area (Å²) in [4.78, 5) is 20.7. The maximum absolute atomic E-state index is 11.6. The first-order chi connectivity index (χ1) is 9.64. The minimum atomic E-state index is -3.73. The van der Waals surface area contributed by atoms with E-state index in [9.17, 15) is 23.3 Å². The molecule has 2 N–H and O–H groups in total. The Labute approximate surface area is 121 Å². The van der Waals surface area contributed by atoms with Crippen LogP contribution in [0.2, 0.25) is 0 Å². The predicted molar refractivity (Wildman–Crippen MR) is 76.1 cm³/mol. The van der Waals surface area contributed by atoms with Gasteiger partial charge in [0.1, 0.15) is 10.6 Å². The average molecular weight is 316 g/mol. The maximum Gasteiger partial charge on any atom is 0.310 e. The number of nitro groups is 1. The molecule has 9 heteroatoms. The van der Waals surface area contributed by atoms with Gasteiger partial charge in [-0.25, -0.2) is 8.42 Å². The highest BCUT2D eigenvalue weighted by atomic mass is 32.2. The van der Waals surface area contributed by atoms with Crippen molar-refractivity contribution < 1.29 is 23.2 Å². The number of aliphatic carboxylic acids is 1. The molecule has 1 unspecified atom stereocenters. The normalized spacial score (nSPS) is 12.7. The van der Waals surface area contributed by atoms with Crippen molar-refractivity contribution in [3.05, 3.63) is 28.3 Å². The standard InChI is InChI=1S/C12H16N2O6S/c1-8(12(15)16)6-7-13-9-4-3-5-10(21(2,19)20)11(9)14(17)18/h3-5,8,13H,6-7H2,1-2H3,(H,15,16). The lowest BCUT2D eigenvalue weighted by Gasteiger charge is -2.10. The molecule has 0 aliphatic carbocycles. The lowest BCUT2D eigenvalue weighted by atomic mass is 10.1. The van der Waals surface area contributed by atoms with E-state index in [0.29, 0.717) is 0 Å². The first-order valence-corrected chi connectivity index (χ1v) is 7.98. The van der Waals surface area contributed by atoms with Gasteiger partial charge in [0.25, 0.3) is 0 Å². The van der Waals surface area contributed by atoms with Crippen molar-refractivity contribution in [1.29, 1.82) is 0 Å². The third kappa shape index (κ3) is 4.42. The first-order valence-electron chi connectivity index (χ1n) is 6.08. The minimum Gasteiger partial charge on any atom is -0.481 e. The van der Waals surface area contributed by atoms with Gasteiger partial charge in [0.05, 0.1) is 10.8 Å². The van der Waals surface area contributed by atoms with Crippen LogP contribution < -0.4 is 5.32 Å². The van der Waals surface area contributed by atoms with Gasteiger partial charge in [-0.2, -0.15) is 0 Å². The summed E-state index contributed by atoms with van der Waals surface area (Å²) in [7, 11) is -3.73. The summed E-state index contributed by atoms with van der Waals surface area (Å²) >= 11 is 0. The van der Waals surface area contributed by atoms with E-state index >= 15 is 0 Å². The van der Waals surface area contributed by atoms with E-state index in [1.807, 2.05) is 0 Å². The van der Waals surface area contributed by atoms with Crippen molar-refractivity contribution in [3.63, 3.8) is 0 Å². The van der Waals surface area contributed by atoms with E-state index in [4.69, 9.17) is 5.11 Å². The molecule has 0 saturated carbocycles. The molecular formula is C12H16N2O6S. The highest BCUT2D eigenvalue weighted by molar-refractivity contribution is 7.90. The molecule has 0 fully saturated rings. The van der Waals surface area contributed by atoms with Gasteiger partial charge in [-0.1, -0.05) is 13.0 Å². The molecule has 1 atom stereocenters. The van der Waals surface area contributed by atoms with Crippen LogP contribution in [0.1, 0.15) is 13.3 Å². The van der Waals surface area contributed by atoms with Crippen LogP contribution in [0.15, 0.2) is 23.1 Å². The number of sulfone groups is 1. The number of carboxylic acid groups (broad SMARTS) is 1. The Bertz CT molecular complexity index is 656. The molecule has 21 heavy (non-hydrogen) atoms. The molecule has 0 aromatic heterocycles. The molecule has 0 aliphatic rings. The Hall–Kier alpha value is -2.16. The molecule has 0 bridgehead atoms. The van der Waals surface area contributed by atoms with E-state index in [1.165, 1.54) is 25.1 Å². The molecule has 1 aromatic rings. The van der Waals surface area contributed by atoms with Crippen molar-refractivity contribution >= 4 is 27.2 Å². The Kier molecular flexibility index (Phi) is 5.25. The van der Waals surface area contributed by atoms with Crippen LogP contribution >= 0.6 is 0 Å². The van der Waals surface area contributed by atoms with Crippen LogP contribution in [0, 0.1) is 16.0 Å². The van der Waals surface area contributed by atoms with Gasteiger partial charge in [-0.15, -0.1) is 0 Å². The second-order valence-electron chi connectivity index (χ2n) is 4.64. The van der Waals surface area contributed by atoms with Gasteiger partial charge >= 0.3 is 11.7 Å². The highest BCUT2D eigenvalue weighted by Crippen LogP contribution is 2.31. The molecule has 0 radical (unpaired) electrons. The quantitative estimate of drug-likeness (QED) is 0.576. The number of rotatable bonds is 7. The third-order valence-electron chi connectivity index (χ3n) is 2.90. The van der Waals surface area contributed by atoms with E-state index in [2.05, 4.69) is 5.32 Å². The third-order valence-corrected chi connectivity index (χ3v) is 4.02. The number of anilines is 1. The maximum atomic E-state index is 11.6.